The number of hydrogen-bond donors (Lipinski definition) is 1. The van der Waals surface area contributed by atoms with E-state index in [1.165, 1.54) is 16.7 Å². The molecule has 0 fully saturated rings. The molecule has 98 valence electrons. The Morgan fingerprint density at radius 1 is 0.650 bits per heavy atom. The van der Waals surface area contributed by atoms with Crippen LogP contribution in [0, 0.1) is 6.92 Å². The van der Waals surface area contributed by atoms with Crippen molar-refractivity contribution in [2.75, 3.05) is 5.73 Å². The van der Waals surface area contributed by atoms with Crippen molar-refractivity contribution in [3.8, 4) is 22.3 Å². The lowest BCUT2D eigenvalue weighted by Crippen LogP contribution is -1.90. The molecule has 0 saturated heterocycles. The van der Waals surface area contributed by atoms with E-state index in [9.17, 15) is 0 Å². The number of benzene rings is 3. The van der Waals surface area contributed by atoms with Crippen molar-refractivity contribution in [2.24, 2.45) is 0 Å². The number of hydrogen-bond acceptors (Lipinski definition) is 1. The average Bonchev–Trinajstić information content (AvgIpc) is 2.48. The lowest BCUT2D eigenvalue weighted by molar-refractivity contribution is 1.47. The Bertz CT molecular complexity index is 713. The Kier molecular flexibility index (Phi) is 3.26. The van der Waals surface area contributed by atoms with Crippen molar-refractivity contribution in [1.29, 1.82) is 0 Å². The monoisotopic (exact) mass is 259 g/mol. The summed E-state index contributed by atoms with van der Waals surface area (Å²) < 4.78 is 0. The topological polar surface area (TPSA) is 26.0 Å². The van der Waals surface area contributed by atoms with Gasteiger partial charge in [0, 0.05) is 11.3 Å². The van der Waals surface area contributed by atoms with Gasteiger partial charge < -0.3 is 5.73 Å². The van der Waals surface area contributed by atoms with Gasteiger partial charge in [0.1, 0.15) is 0 Å². The summed E-state index contributed by atoms with van der Waals surface area (Å²) in [6, 6.07) is 25.1. The van der Waals surface area contributed by atoms with E-state index in [0.717, 1.165) is 16.8 Å². The van der Waals surface area contributed by atoms with Crippen LogP contribution in [0.25, 0.3) is 22.3 Å². The van der Waals surface area contributed by atoms with Crippen LogP contribution in [0.15, 0.2) is 72.8 Å². The minimum absolute atomic E-state index is 0.831. The third-order valence-electron chi connectivity index (χ3n) is 3.51. The summed E-state index contributed by atoms with van der Waals surface area (Å²) in [7, 11) is 0. The molecule has 3 aromatic rings. The normalized spacial score (nSPS) is 10.4. The summed E-state index contributed by atoms with van der Waals surface area (Å²) in [5.41, 5.74) is 12.8. The molecule has 0 aliphatic carbocycles. The van der Waals surface area contributed by atoms with Crippen molar-refractivity contribution >= 4 is 5.69 Å². The fourth-order valence-corrected chi connectivity index (χ4v) is 2.42. The van der Waals surface area contributed by atoms with Crippen LogP contribution >= 0.6 is 0 Å². The van der Waals surface area contributed by atoms with Gasteiger partial charge in [-0.15, -0.1) is 0 Å². The van der Waals surface area contributed by atoms with Crippen LogP contribution in [0.3, 0.4) is 0 Å². The molecule has 0 spiro atoms. The highest BCUT2D eigenvalue weighted by atomic mass is 14.6. The fraction of sp³-hybridized carbons (Fsp3) is 0.0526. The van der Waals surface area contributed by atoms with Gasteiger partial charge in [-0.25, -0.2) is 0 Å². The minimum Gasteiger partial charge on any atom is -0.398 e. The van der Waals surface area contributed by atoms with Gasteiger partial charge in [0.2, 0.25) is 0 Å². The Hall–Kier alpha value is -2.54. The molecule has 0 unspecified atom stereocenters. The summed E-state index contributed by atoms with van der Waals surface area (Å²) in [6.07, 6.45) is 0. The summed E-state index contributed by atoms with van der Waals surface area (Å²) in [4.78, 5) is 0. The maximum Gasteiger partial charge on any atom is 0.0396 e. The van der Waals surface area contributed by atoms with Gasteiger partial charge in [-0.1, -0.05) is 66.7 Å². The molecule has 1 heteroatoms. The molecule has 0 atom stereocenters. The van der Waals surface area contributed by atoms with Gasteiger partial charge in [-0.05, 0) is 35.2 Å². The van der Waals surface area contributed by atoms with Crippen LogP contribution < -0.4 is 5.73 Å². The molecule has 3 rings (SSSR count). The molecule has 20 heavy (non-hydrogen) atoms. The molecule has 0 saturated carbocycles. The maximum atomic E-state index is 6.10. The van der Waals surface area contributed by atoms with E-state index in [2.05, 4.69) is 67.6 Å². The summed E-state index contributed by atoms with van der Waals surface area (Å²) >= 11 is 0. The molecule has 0 aromatic heterocycles. The van der Waals surface area contributed by atoms with Crippen molar-refractivity contribution in [3.63, 3.8) is 0 Å². The number of aryl methyl sites for hydroxylation is 1. The van der Waals surface area contributed by atoms with Gasteiger partial charge >= 0.3 is 0 Å². The van der Waals surface area contributed by atoms with Gasteiger partial charge in [0.15, 0.2) is 0 Å². The van der Waals surface area contributed by atoms with Crippen LogP contribution in [0.1, 0.15) is 5.56 Å². The molecule has 2 N–H and O–H groups in total. The third kappa shape index (κ3) is 2.43. The zero-order valence-electron chi connectivity index (χ0n) is 11.5. The quantitative estimate of drug-likeness (QED) is 0.650. The zero-order chi connectivity index (χ0) is 13.9. The first kappa shape index (κ1) is 12.5. The van der Waals surface area contributed by atoms with Gasteiger partial charge in [-0.2, -0.15) is 0 Å². The number of nitrogens with two attached hydrogens (primary N) is 1. The van der Waals surface area contributed by atoms with E-state index in [1.54, 1.807) is 0 Å². The first-order valence-corrected chi connectivity index (χ1v) is 6.76. The van der Waals surface area contributed by atoms with Crippen molar-refractivity contribution in [1.82, 2.24) is 0 Å². The highest BCUT2D eigenvalue weighted by Gasteiger charge is 2.03. The van der Waals surface area contributed by atoms with Crippen molar-refractivity contribution in [2.45, 2.75) is 6.92 Å². The summed E-state index contributed by atoms with van der Waals surface area (Å²) in [5, 5.41) is 0. The van der Waals surface area contributed by atoms with Crippen molar-refractivity contribution in [3.05, 3.63) is 78.4 Å². The van der Waals surface area contributed by atoms with Crippen LogP contribution in [0.4, 0.5) is 5.69 Å². The lowest BCUT2D eigenvalue weighted by atomic mass is 9.98. The van der Waals surface area contributed by atoms with Crippen LogP contribution in [0.5, 0.6) is 0 Å². The van der Waals surface area contributed by atoms with E-state index in [-0.39, 0.29) is 0 Å². The standard InChI is InChI=1S/C19H17N/c1-14-7-12-18(19(20)13-14)17-10-8-16(9-11-17)15-5-3-2-4-6-15/h2-13H,20H2,1H3. The molecule has 0 bridgehead atoms. The lowest BCUT2D eigenvalue weighted by Gasteiger charge is -2.08. The largest absolute Gasteiger partial charge is 0.398 e. The Labute approximate surface area is 119 Å². The van der Waals surface area contributed by atoms with E-state index in [0.29, 0.717) is 0 Å². The van der Waals surface area contributed by atoms with Crippen LogP contribution in [-0.4, -0.2) is 0 Å². The Balaban J connectivity index is 1.97. The maximum absolute atomic E-state index is 6.10. The second-order valence-corrected chi connectivity index (χ2v) is 5.03. The second kappa shape index (κ2) is 5.22. The first-order chi connectivity index (χ1) is 9.74. The highest BCUT2D eigenvalue weighted by molar-refractivity contribution is 5.78. The number of nitrogen functional groups attached to an aromatic ring is 1. The molecular formula is C19H17N. The van der Waals surface area contributed by atoms with E-state index < -0.39 is 0 Å². The van der Waals surface area contributed by atoms with E-state index in [4.69, 9.17) is 5.73 Å². The second-order valence-electron chi connectivity index (χ2n) is 5.03. The SMILES string of the molecule is Cc1ccc(-c2ccc(-c3ccccc3)cc2)c(N)c1. The first-order valence-electron chi connectivity index (χ1n) is 6.76. The van der Waals surface area contributed by atoms with E-state index >= 15 is 0 Å². The van der Waals surface area contributed by atoms with Gasteiger partial charge in [0.05, 0.1) is 0 Å². The molecule has 1 nitrogen and oxygen atoms in total. The summed E-state index contributed by atoms with van der Waals surface area (Å²) in [6.45, 7) is 2.05. The number of anilines is 1. The molecule has 0 aliphatic rings. The molecular weight excluding hydrogens is 242 g/mol. The predicted octanol–water partition coefficient (Wildman–Crippen LogP) is 4.91. The Morgan fingerprint density at radius 3 is 1.90 bits per heavy atom. The van der Waals surface area contributed by atoms with Crippen molar-refractivity contribution < 1.29 is 0 Å². The van der Waals surface area contributed by atoms with Gasteiger partial charge in [0.25, 0.3) is 0 Å². The molecule has 0 radical (unpaired) electrons. The Morgan fingerprint density at radius 2 is 1.25 bits per heavy atom. The minimum atomic E-state index is 0.831. The summed E-state index contributed by atoms with van der Waals surface area (Å²) in [5.74, 6) is 0. The third-order valence-corrected chi connectivity index (χ3v) is 3.51. The van der Waals surface area contributed by atoms with Crippen LogP contribution in [0.2, 0.25) is 0 Å². The van der Waals surface area contributed by atoms with Crippen LogP contribution in [-0.2, 0) is 0 Å². The number of rotatable bonds is 2. The molecule has 0 aliphatic heterocycles. The predicted molar refractivity (Wildman–Crippen MR) is 86.5 cm³/mol. The van der Waals surface area contributed by atoms with E-state index in [1.807, 2.05) is 12.1 Å². The highest BCUT2D eigenvalue weighted by Crippen LogP contribution is 2.29. The molecule has 3 aromatic carbocycles. The zero-order valence-corrected chi connectivity index (χ0v) is 11.5. The molecule has 0 heterocycles. The fourth-order valence-electron chi connectivity index (χ4n) is 2.42. The van der Waals surface area contributed by atoms with Gasteiger partial charge in [-0.3, -0.25) is 0 Å². The average molecular weight is 259 g/mol. The molecule has 0 amide bonds. The smallest absolute Gasteiger partial charge is 0.0396 e.